The summed E-state index contributed by atoms with van der Waals surface area (Å²) in [6.45, 7) is 13.2. The van der Waals surface area contributed by atoms with Crippen LogP contribution in [-0.2, 0) is 0 Å². The van der Waals surface area contributed by atoms with E-state index in [-0.39, 0.29) is 11.8 Å². The van der Waals surface area contributed by atoms with E-state index in [1.54, 1.807) is 18.2 Å². The number of carbonyl (C=O) groups is 2. The van der Waals surface area contributed by atoms with Crippen molar-refractivity contribution in [1.82, 2.24) is 4.90 Å². The zero-order chi connectivity index (χ0) is 26.5. The maximum absolute atomic E-state index is 13.1. The Bertz CT molecular complexity index is 981. The molecule has 0 atom stereocenters. The van der Waals surface area contributed by atoms with Gasteiger partial charge in [-0.25, -0.2) is 0 Å². The highest BCUT2D eigenvalue weighted by molar-refractivity contribution is 6.06. The van der Waals surface area contributed by atoms with Crippen LogP contribution in [0.5, 0.6) is 5.75 Å². The number of likely N-dealkylation sites (N-methyl/N-ethyl adjacent to an activating group) is 1. The molecule has 1 aliphatic rings. The van der Waals surface area contributed by atoms with E-state index in [1.807, 2.05) is 35.2 Å². The zero-order valence-corrected chi connectivity index (χ0v) is 23.1. The van der Waals surface area contributed by atoms with Crippen LogP contribution in [0.25, 0.3) is 0 Å². The highest BCUT2D eigenvalue weighted by Gasteiger charge is 2.32. The fourth-order valence-electron chi connectivity index (χ4n) is 5.19. The van der Waals surface area contributed by atoms with Crippen molar-refractivity contribution in [3.8, 4) is 5.75 Å². The lowest BCUT2D eigenvalue weighted by molar-refractivity contribution is -0.930. The Morgan fingerprint density at radius 3 is 2.22 bits per heavy atom. The van der Waals surface area contributed by atoms with Gasteiger partial charge >= 0.3 is 0 Å². The van der Waals surface area contributed by atoms with E-state index in [0.717, 1.165) is 50.0 Å². The van der Waals surface area contributed by atoms with Crippen LogP contribution < -0.4 is 10.1 Å². The van der Waals surface area contributed by atoms with Crippen LogP contribution >= 0.6 is 0 Å². The van der Waals surface area contributed by atoms with E-state index in [0.29, 0.717) is 29.2 Å². The number of hydrogen-bond acceptors (Lipinski definition) is 3. The SMILES string of the molecule is CCCCCCCCOc1ccccc1C(=O)Nc1ccc(C(=O)N2CC[N+](CC)(CCC)CC2)cc1. The van der Waals surface area contributed by atoms with E-state index in [1.165, 1.54) is 38.6 Å². The first-order valence-corrected chi connectivity index (χ1v) is 14.3. The number of unbranched alkanes of at least 4 members (excludes halogenated alkanes) is 5. The van der Waals surface area contributed by atoms with Gasteiger partial charge in [-0.05, 0) is 56.2 Å². The summed E-state index contributed by atoms with van der Waals surface area (Å²) in [6, 6.07) is 14.6. The quantitative estimate of drug-likeness (QED) is 0.238. The number of amides is 2. The van der Waals surface area contributed by atoms with Crippen molar-refractivity contribution in [3.05, 3.63) is 59.7 Å². The second kappa shape index (κ2) is 14.8. The third-order valence-electron chi connectivity index (χ3n) is 7.62. The van der Waals surface area contributed by atoms with Crippen molar-refractivity contribution in [1.29, 1.82) is 0 Å². The Labute approximate surface area is 223 Å². The lowest BCUT2D eigenvalue weighted by atomic mass is 10.1. The van der Waals surface area contributed by atoms with E-state index in [9.17, 15) is 9.59 Å². The maximum Gasteiger partial charge on any atom is 0.259 e. The molecule has 6 nitrogen and oxygen atoms in total. The van der Waals surface area contributed by atoms with E-state index in [4.69, 9.17) is 4.74 Å². The molecule has 0 bridgehead atoms. The second-order valence-electron chi connectivity index (χ2n) is 10.3. The van der Waals surface area contributed by atoms with Gasteiger partial charge in [-0.3, -0.25) is 9.59 Å². The van der Waals surface area contributed by atoms with Crippen molar-refractivity contribution in [2.75, 3.05) is 51.2 Å². The number of quaternary nitrogens is 1. The van der Waals surface area contributed by atoms with Gasteiger partial charge in [0.15, 0.2) is 0 Å². The van der Waals surface area contributed by atoms with Gasteiger partial charge in [-0.15, -0.1) is 0 Å². The van der Waals surface area contributed by atoms with Gasteiger partial charge in [0.1, 0.15) is 5.75 Å². The molecule has 3 rings (SSSR count). The highest BCUT2D eigenvalue weighted by atomic mass is 16.5. The molecule has 2 amide bonds. The van der Waals surface area contributed by atoms with Gasteiger partial charge in [-0.2, -0.15) is 0 Å². The lowest BCUT2D eigenvalue weighted by Gasteiger charge is -2.44. The number of nitrogens with one attached hydrogen (secondary N) is 1. The fraction of sp³-hybridized carbons (Fsp3) is 0.548. The van der Waals surface area contributed by atoms with Gasteiger partial charge in [-0.1, -0.05) is 58.1 Å². The van der Waals surface area contributed by atoms with Gasteiger partial charge in [0.25, 0.3) is 11.8 Å². The average molecular weight is 509 g/mol. The van der Waals surface area contributed by atoms with Crippen LogP contribution in [0.3, 0.4) is 0 Å². The van der Waals surface area contributed by atoms with Crippen molar-refractivity contribution in [2.45, 2.75) is 65.7 Å². The van der Waals surface area contributed by atoms with Gasteiger partial charge in [0.05, 0.1) is 51.4 Å². The van der Waals surface area contributed by atoms with Crippen LogP contribution in [-0.4, -0.2) is 67.1 Å². The number of hydrogen-bond donors (Lipinski definition) is 1. The molecule has 0 saturated carbocycles. The summed E-state index contributed by atoms with van der Waals surface area (Å²) in [6.07, 6.45) is 8.34. The predicted molar refractivity (Wildman–Crippen MR) is 151 cm³/mol. The number of nitrogens with zero attached hydrogens (tertiary/aromatic N) is 2. The van der Waals surface area contributed by atoms with Crippen molar-refractivity contribution < 1.29 is 18.8 Å². The fourth-order valence-corrected chi connectivity index (χ4v) is 5.19. The van der Waals surface area contributed by atoms with Crippen LogP contribution in [0.4, 0.5) is 5.69 Å². The number of rotatable bonds is 14. The molecule has 37 heavy (non-hydrogen) atoms. The third-order valence-corrected chi connectivity index (χ3v) is 7.62. The first-order valence-electron chi connectivity index (χ1n) is 14.3. The molecule has 1 saturated heterocycles. The molecule has 0 aromatic heterocycles. The molecular formula is C31H46N3O3+. The largest absolute Gasteiger partial charge is 0.493 e. The smallest absolute Gasteiger partial charge is 0.259 e. The minimum absolute atomic E-state index is 0.0664. The molecule has 0 radical (unpaired) electrons. The summed E-state index contributed by atoms with van der Waals surface area (Å²) in [5, 5.41) is 2.96. The van der Waals surface area contributed by atoms with Crippen molar-refractivity contribution >= 4 is 17.5 Å². The lowest BCUT2D eigenvalue weighted by Crippen LogP contribution is -2.60. The second-order valence-corrected chi connectivity index (χ2v) is 10.3. The Morgan fingerprint density at radius 1 is 0.865 bits per heavy atom. The van der Waals surface area contributed by atoms with Crippen molar-refractivity contribution in [3.63, 3.8) is 0 Å². The Hall–Kier alpha value is -2.86. The number of benzene rings is 2. The standard InChI is InChI=1S/C31H45N3O3/c1-4-7-8-9-10-13-25-37-29-15-12-11-14-28(29)30(35)32-27-18-16-26(17-19-27)31(36)33-20-23-34(6-3,22-5-2)24-21-33/h11-12,14-19H,4-10,13,20-25H2,1-3H3/p+1. The molecule has 1 heterocycles. The number of carbonyl (C=O) groups excluding carboxylic acids is 2. The Kier molecular flexibility index (Phi) is 11.5. The molecule has 6 heteroatoms. The zero-order valence-electron chi connectivity index (χ0n) is 23.1. The maximum atomic E-state index is 13.1. The molecular weight excluding hydrogens is 462 g/mol. The normalized spacial score (nSPS) is 14.8. The molecule has 1 aliphatic heterocycles. The summed E-state index contributed by atoms with van der Waals surface area (Å²) in [4.78, 5) is 28.0. The molecule has 1 fully saturated rings. The van der Waals surface area contributed by atoms with Gasteiger partial charge in [0.2, 0.25) is 0 Å². The minimum atomic E-state index is -0.210. The van der Waals surface area contributed by atoms with E-state index < -0.39 is 0 Å². The third kappa shape index (κ3) is 8.32. The molecule has 0 unspecified atom stereocenters. The number of ether oxygens (including phenoxy) is 1. The molecule has 2 aromatic carbocycles. The summed E-state index contributed by atoms with van der Waals surface area (Å²) in [5.41, 5.74) is 1.84. The first kappa shape index (κ1) is 28.7. The summed E-state index contributed by atoms with van der Waals surface area (Å²) >= 11 is 0. The van der Waals surface area contributed by atoms with E-state index >= 15 is 0 Å². The Balaban J connectivity index is 1.52. The summed E-state index contributed by atoms with van der Waals surface area (Å²) in [7, 11) is 0. The topological polar surface area (TPSA) is 58.6 Å². The van der Waals surface area contributed by atoms with Crippen LogP contribution in [0, 0.1) is 0 Å². The molecule has 202 valence electrons. The van der Waals surface area contributed by atoms with Crippen LogP contribution in [0.15, 0.2) is 48.5 Å². The summed E-state index contributed by atoms with van der Waals surface area (Å²) in [5.74, 6) is 0.463. The Morgan fingerprint density at radius 2 is 1.54 bits per heavy atom. The van der Waals surface area contributed by atoms with Gasteiger partial charge in [0, 0.05) is 11.3 Å². The molecule has 2 aromatic rings. The van der Waals surface area contributed by atoms with Crippen molar-refractivity contribution in [2.24, 2.45) is 0 Å². The number of anilines is 1. The van der Waals surface area contributed by atoms with Crippen LogP contribution in [0.1, 0.15) is 86.4 Å². The molecule has 0 spiro atoms. The molecule has 1 N–H and O–H groups in total. The number of piperazine rings is 1. The molecule has 0 aliphatic carbocycles. The van der Waals surface area contributed by atoms with Gasteiger partial charge < -0.3 is 19.4 Å². The monoisotopic (exact) mass is 508 g/mol. The average Bonchev–Trinajstić information content (AvgIpc) is 2.93. The van der Waals surface area contributed by atoms with Crippen LogP contribution in [0.2, 0.25) is 0 Å². The van der Waals surface area contributed by atoms with E-state index in [2.05, 4.69) is 26.1 Å². The summed E-state index contributed by atoms with van der Waals surface area (Å²) < 4.78 is 7.05. The predicted octanol–water partition coefficient (Wildman–Crippen LogP) is 6.38. The minimum Gasteiger partial charge on any atom is -0.493 e. The number of para-hydroxylation sites is 1. The highest BCUT2D eigenvalue weighted by Crippen LogP contribution is 2.22. The first-order chi connectivity index (χ1) is 18.0.